The van der Waals surface area contributed by atoms with Gasteiger partial charge in [-0.3, -0.25) is 9.11 Å². The Hall–Kier alpha value is 0.750. The van der Waals surface area contributed by atoms with Crippen LogP contribution in [-0.4, -0.2) is 85.2 Å². The second-order valence-electron chi connectivity index (χ2n) is 5.58. The predicted molar refractivity (Wildman–Crippen MR) is 102 cm³/mol. The van der Waals surface area contributed by atoms with E-state index in [1.165, 1.54) is 57.8 Å². The molecule has 7 nitrogen and oxygen atoms in total. The molecule has 0 aliphatic heterocycles. The Balaban J connectivity index is -0.000000704. The van der Waals surface area contributed by atoms with Gasteiger partial charge in [-0.1, -0.05) is 64.7 Å². The molecule has 0 atom stereocenters. The van der Waals surface area contributed by atoms with Gasteiger partial charge in [-0.15, -0.1) is 0 Å². The van der Waals surface area contributed by atoms with Crippen LogP contribution in [0.2, 0.25) is 0 Å². The van der Waals surface area contributed by atoms with E-state index < -0.39 is 10.4 Å². The molecule has 0 aliphatic rings. The Labute approximate surface area is 175 Å². The second kappa shape index (κ2) is 24.8. The van der Waals surface area contributed by atoms with Gasteiger partial charge >= 0.3 is 40.0 Å². The number of aliphatic hydroxyl groups excluding tert-OH is 1. The summed E-state index contributed by atoms with van der Waals surface area (Å²) in [5.74, 6) is 0. The third kappa shape index (κ3) is 45.7. The molecule has 25 heavy (non-hydrogen) atoms. The molecule has 0 bridgehead atoms. The molecule has 0 unspecified atom stereocenters. The van der Waals surface area contributed by atoms with E-state index in [1.54, 1.807) is 0 Å². The van der Waals surface area contributed by atoms with E-state index in [2.05, 4.69) is 6.92 Å². The number of aliphatic hydroxyl groups is 1. The molecule has 0 aliphatic carbocycles. The SMILES string of the molecule is CCCCCCCCCCCCOCCOCCO.O=S(=O)(O)O.[NaH]. The first-order chi connectivity index (χ1) is 11.4. The molecule has 0 aromatic rings. The summed E-state index contributed by atoms with van der Waals surface area (Å²) in [4.78, 5) is 0. The summed E-state index contributed by atoms with van der Waals surface area (Å²) in [6.45, 7) is 4.87. The Kier molecular flexibility index (Phi) is 30.2. The average Bonchev–Trinajstić information content (AvgIpc) is 2.49. The molecule has 0 rings (SSSR count). The molecule has 150 valence electrons. The van der Waals surface area contributed by atoms with Crippen molar-refractivity contribution < 1.29 is 32.1 Å². The first-order valence-corrected chi connectivity index (χ1v) is 10.3. The maximum absolute atomic E-state index is 8.74. The van der Waals surface area contributed by atoms with Crippen LogP contribution in [0.25, 0.3) is 0 Å². The van der Waals surface area contributed by atoms with Crippen molar-refractivity contribution in [3.63, 3.8) is 0 Å². The summed E-state index contributed by atoms with van der Waals surface area (Å²) < 4.78 is 42.1. The van der Waals surface area contributed by atoms with Crippen LogP contribution in [0.5, 0.6) is 0 Å². The number of ether oxygens (including phenoxy) is 2. The van der Waals surface area contributed by atoms with E-state index in [0.29, 0.717) is 19.8 Å². The molecular weight excluding hydrogens is 359 g/mol. The Bertz CT molecular complexity index is 302. The summed E-state index contributed by atoms with van der Waals surface area (Å²) in [5.41, 5.74) is 0. The Morgan fingerprint density at radius 1 is 0.680 bits per heavy atom. The van der Waals surface area contributed by atoms with E-state index in [9.17, 15) is 0 Å². The quantitative estimate of drug-likeness (QED) is 0.209. The van der Waals surface area contributed by atoms with E-state index in [1.807, 2.05) is 0 Å². The van der Waals surface area contributed by atoms with Gasteiger partial charge in [0.15, 0.2) is 0 Å². The summed E-state index contributed by atoms with van der Waals surface area (Å²) in [6, 6.07) is 0. The van der Waals surface area contributed by atoms with E-state index >= 15 is 0 Å². The van der Waals surface area contributed by atoms with Crippen LogP contribution in [0.1, 0.15) is 71.1 Å². The minimum atomic E-state index is -4.67. The van der Waals surface area contributed by atoms with Crippen molar-refractivity contribution in [2.75, 3.05) is 33.0 Å². The van der Waals surface area contributed by atoms with Gasteiger partial charge in [-0.05, 0) is 6.42 Å². The van der Waals surface area contributed by atoms with Gasteiger partial charge in [-0.2, -0.15) is 8.42 Å². The standard InChI is InChI=1S/C16H34O3.Na.H2O4S.H/c1-2-3-4-5-6-7-8-9-10-11-13-18-15-16-19-14-12-17;;1-5(2,3)4;/h17H,2-16H2,1H3;;(H2,1,2,3,4);. The molecule has 0 aromatic heterocycles. The topological polar surface area (TPSA) is 113 Å². The predicted octanol–water partition coefficient (Wildman–Crippen LogP) is 2.63. The third-order valence-electron chi connectivity index (χ3n) is 3.25. The van der Waals surface area contributed by atoms with Crippen LogP contribution in [0, 0.1) is 0 Å². The second-order valence-corrected chi connectivity index (χ2v) is 6.47. The number of unbranched alkanes of at least 4 members (excludes halogenated alkanes) is 9. The molecular formula is C16H37NaO7S. The van der Waals surface area contributed by atoms with Crippen LogP contribution >= 0.6 is 0 Å². The third-order valence-corrected chi connectivity index (χ3v) is 3.25. The fourth-order valence-corrected chi connectivity index (χ4v) is 2.08. The van der Waals surface area contributed by atoms with Crippen molar-refractivity contribution in [3.8, 4) is 0 Å². The van der Waals surface area contributed by atoms with Crippen molar-refractivity contribution in [2.45, 2.75) is 71.1 Å². The van der Waals surface area contributed by atoms with E-state index in [0.717, 1.165) is 13.0 Å². The number of hydrogen-bond donors (Lipinski definition) is 3. The first kappa shape index (κ1) is 30.5. The summed E-state index contributed by atoms with van der Waals surface area (Å²) in [5, 5.41) is 8.50. The molecule has 0 fully saturated rings. The van der Waals surface area contributed by atoms with E-state index in [4.69, 9.17) is 32.1 Å². The molecule has 0 heterocycles. The van der Waals surface area contributed by atoms with Crippen LogP contribution < -0.4 is 0 Å². The molecule has 0 radical (unpaired) electrons. The monoisotopic (exact) mass is 396 g/mol. The van der Waals surface area contributed by atoms with Crippen molar-refractivity contribution in [2.24, 2.45) is 0 Å². The maximum atomic E-state index is 8.74. The van der Waals surface area contributed by atoms with Crippen LogP contribution in [0.3, 0.4) is 0 Å². The molecule has 9 heteroatoms. The summed E-state index contributed by atoms with van der Waals surface area (Å²) in [6.07, 6.45) is 13.6. The van der Waals surface area contributed by atoms with Gasteiger partial charge in [0.2, 0.25) is 0 Å². The summed E-state index contributed by atoms with van der Waals surface area (Å²) >= 11 is 0. The van der Waals surface area contributed by atoms with Crippen LogP contribution in [0.15, 0.2) is 0 Å². The van der Waals surface area contributed by atoms with E-state index in [-0.39, 0.29) is 36.2 Å². The molecule has 0 aromatic carbocycles. The average molecular weight is 397 g/mol. The molecule has 3 N–H and O–H groups in total. The minimum absolute atomic E-state index is 0. The van der Waals surface area contributed by atoms with Gasteiger partial charge in [0, 0.05) is 6.61 Å². The number of hydrogen-bond acceptors (Lipinski definition) is 5. The van der Waals surface area contributed by atoms with Crippen LogP contribution in [-0.2, 0) is 19.9 Å². The zero-order chi connectivity index (χ0) is 18.5. The molecule has 0 saturated heterocycles. The van der Waals surface area contributed by atoms with Crippen molar-refractivity contribution in [1.29, 1.82) is 0 Å². The fourth-order valence-electron chi connectivity index (χ4n) is 2.08. The molecule has 0 saturated carbocycles. The van der Waals surface area contributed by atoms with Gasteiger partial charge in [0.05, 0.1) is 26.4 Å². The van der Waals surface area contributed by atoms with Crippen molar-refractivity contribution in [1.82, 2.24) is 0 Å². The zero-order valence-electron chi connectivity index (χ0n) is 15.0. The normalized spacial score (nSPS) is 10.7. The van der Waals surface area contributed by atoms with Crippen molar-refractivity contribution >= 4 is 40.0 Å². The van der Waals surface area contributed by atoms with Gasteiger partial charge in [-0.25, -0.2) is 0 Å². The number of rotatable bonds is 16. The Morgan fingerprint density at radius 3 is 1.44 bits per heavy atom. The fraction of sp³-hybridized carbons (Fsp3) is 1.00. The van der Waals surface area contributed by atoms with Gasteiger partial charge < -0.3 is 14.6 Å². The Morgan fingerprint density at radius 2 is 1.04 bits per heavy atom. The molecule has 0 amide bonds. The van der Waals surface area contributed by atoms with Gasteiger partial charge in [0.25, 0.3) is 0 Å². The molecule has 0 spiro atoms. The van der Waals surface area contributed by atoms with Crippen LogP contribution in [0.4, 0.5) is 0 Å². The zero-order valence-corrected chi connectivity index (χ0v) is 15.8. The summed E-state index contributed by atoms with van der Waals surface area (Å²) in [7, 11) is -4.67. The van der Waals surface area contributed by atoms with Crippen molar-refractivity contribution in [3.05, 3.63) is 0 Å². The van der Waals surface area contributed by atoms with Gasteiger partial charge in [0.1, 0.15) is 0 Å². The first-order valence-electron chi connectivity index (χ1n) is 8.88.